The Balaban J connectivity index is 1.72. The summed E-state index contributed by atoms with van der Waals surface area (Å²) in [5, 5.41) is 0. The van der Waals surface area contributed by atoms with Gasteiger partial charge in [0.05, 0.1) is 0 Å². The first-order valence-corrected chi connectivity index (χ1v) is 7.40. The molecule has 2 aromatic carbocycles. The van der Waals surface area contributed by atoms with E-state index in [1.165, 1.54) is 17.2 Å². The van der Waals surface area contributed by atoms with Crippen LogP contribution in [0, 0.1) is 17.6 Å². The third-order valence-electron chi connectivity index (χ3n) is 4.48. The van der Waals surface area contributed by atoms with Crippen molar-refractivity contribution in [1.82, 2.24) is 0 Å². The molecule has 21 heavy (non-hydrogen) atoms. The van der Waals surface area contributed by atoms with Crippen molar-refractivity contribution in [2.45, 2.75) is 31.7 Å². The molecule has 0 fully saturated rings. The Kier molecular flexibility index (Phi) is 4.02. The normalized spacial score (nSPS) is 19.1. The van der Waals surface area contributed by atoms with Gasteiger partial charge in [0.1, 0.15) is 0 Å². The molecular formula is C18H19F2N. The standard InChI is InChI=1S/C18H19F2N/c19-16-7-3-6-15(18(16)20)11-17(21)14-9-8-12-4-1-2-5-13(12)10-14/h1-7,14,17H,8-11,21H2. The highest BCUT2D eigenvalue weighted by atomic mass is 19.2. The Labute approximate surface area is 123 Å². The molecule has 3 rings (SSSR count). The Morgan fingerprint density at radius 2 is 1.81 bits per heavy atom. The first kappa shape index (κ1) is 14.2. The summed E-state index contributed by atoms with van der Waals surface area (Å²) in [4.78, 5) is 0. The van der Waals surface area contributed by atoms with E-state index >= 15 is 0 Å². The molecule has 2 N–H and O–H groups in total. The van der Waals surface area contributed by atoms with Gasteiger partial charge in [-0.05, 0) is 54.4 Å². The van der Waals surface area contributed by atoms with Crippen molar-refractivity contribution in [2.24, 2.45) is 11.7 Å². The van der Waals surface area contributed by atoms with Crippen LogP contribution in [0.4, 0.5) is 8.78 Å². The summed E-state index contributed by atoms with van der Waals surface area (Å²) < 4.78 is 27.0. The zero-order valence-electron chi connectivity index (χ0n) is 11.9. The second kappa shape index (κ2) is 5.94. The van der Waals surface area contributed by atoms with Crippen LogP contribution < -0.4 is 5.73 Å². The van der Waals surface area contributed by atoms with E-state index in [2.05, 4.69) is 18.2 Å². The van der Waals surface area contributed by atoms with Gasteiger partial charge in [0, 0.05) is 6.04 Å². The molecule has 0 bridgehead atoms. The van der Waals surface area contributed by atoms with Gasteiger partial charge < -0.3 is 5.73 Å². The van der Waals surface area contributed by atoms with E-state index in [1.807, 2.05) is 6.07 Å². The minimum atomic E-state index is -0.798. The fourth-order valence-electron chi connectivity index (χ4n) is 3.22. The van der Waals surface area contributed by atoms with E-state index in [4.69, 9.17) is 5.73 Å². The number of hydrogen-bond donors (Lipinski definition) is 1. The third-order valence-corrected chi connectivity index (χ3v) is 4.48. The van der Waals surface area contributed by atoms with Gasteiger partial charge in [-0.1, -0.05) is 36.4 Å². The molecule has 0 saturated carbocycles. The molecule has 1 aliphatic rings. The lowest BCUT2D eigenvalue weighted by molar-refractivity contribution is 0.367. The molecule has 0 aliphatic heterocycles. The maximum Gasteiger partial charge on any atom is 0.162 e. The van der Waals surface area contributed by atoms with Crippen LogP contribution in [0.5, 0.6) is 0 Å². The van der Waals surface area contributed by atoms with Crippen molar-refractivity contribution < 1.29 is 8.78 Å². The van der Waals surface area contributed by atoms with Crippen LogP contribution in [0.1, 0.15) is 23.1 Å². The quantitative estimate of drug-likeness (QED) is 0.916. The fourth-order valence-corrected chi connectivity index (χ4v) is 3.22. The first-order chi connectivity index (χ1) is 10.1. The molecule has 0 aromatic heterocycles. The van der Waals surface area contributed by atoms with Crippen molar-refractivity contribution in [3.05, 3.63) is 70.8 Å². The number of halogens is 2. The van der Waals surface area contributed by atoms with Crippen LogP contribution in [0.25, 0.3) is 0 Å². The number of fused-ring (bicyclic) bond motifs is 1. The summed E-state index contributed by atoms with van der Waals surface area (Å²) in [5.74, 6) is -1.24. The summed E-state index contributed by atoms with van der Waals surface area (Å²) in [5.41, 5.74) is 9.37. The Hall–Kier alpha value is -1.74. The van der Waals surface area contributed by atoms with Crippen molar-refractivity contribution in [1.29, 1.82) is 0 Å². The highest BCUT2D eigenvalue weighted by molar-refractivity contribution is 5.30. The number of nitrogens with two attached hydrogens (primary N) is 1. The van der Waals surface area contributed by atoms with Crippen LogP contribution in [0.15, 0.2) is 42.5 Å². The van der Waals surface area contributed by atoms with Gasteiger partial charge in [-0.3, -0.25) is 0 Å². The van der Waals surface area contributed by atoms with Crippen molar-refractivity contribution in [3.8, 4) is 0 Å². The maximum absolute atomic E-state index is 13.7. The molecule has 2 aromatic rings. The second-order valence-corrected chi connectivity index (χ2v) is 5.85. The SMILES string of the molecule is NC(Cc1cccc(F)c1F)C1CCc2ccccc2C1. The van der Waals surface area contributed by atoms with Crippen LogP contribution in [0.2, 0.25) is 0 Å². The molecule has 0 spiro atoms. The van der Waals surface area contributed by atoms with Crippen molar-refractivity contribution in [3.63, 3.8) is 0 Å². The van der Waals surface area contributed by atoms with E-state index < -0.39 is 11.6 Å². The van der Waals surface area contributed by atoms with Crippen LogP contribution in [-0.2, 0) is 19.3 Å². The highest BCUT2D eigenvalue weighted by Crippen LogP contribution is 2.28. The summed E-state index contributed by atoms with van der Waals surface area (Å²) in [6.07, 6.45) is 3.33. The Morgan fingerprint density at radius 3 is 2.62 bits per heavy atom. The average molecular weight is 287 g/mol. The molecule has 0 heterocycles. The second-order valence-electron chi connectivity index (χ2n) is 5.85. The predicted molar refractivity (Wildman–Crippen MR) is 80.0 cm³/mol. The number of benzene rings is 2. The lowest BCUT2D eigenvalue weighted by atomic mass is 9.78. The summed E-state index contributed by atoms with van der Waals surface area (Å²) in [7, 11) is 0. The summed E-state index contributed by atoms with van der Waals surface area (Å²) in [6.45, 7) is 0. The van der Waals surface area contributed by atoms with Gasteiger partial charge in [0.2, 0.25) is 0 Å². The van der Waals surface area contributed by atoms with E-state index in [-0.39, 0.29) is 6.04 Å². The Bertz CT molecular complexity index is 639. The highest BCUT2D eigenvalue weighted by Gasteiger charge is 2.24. The molecule has 0 saturated heterocycles. The van der Waals surface area contributed by atoms with Gasteiger partial charge in [-0.25, -0.2) is 8.78 Å². The van der Waals surface area contributed by atoms with Crippen LogP contribution >= 0.6 is 0 Å². The topological polar surface area (TPSA) is 26.0 Å². The van der Waals surface area contributed by atoms with Gasteiger partial charge in [-0.2, -0.15) is 0 Å². The Morgan fingerprint density at radius 1 is 1.05 bits per heavy atom. The van der Waals surface area contributed by atoms with Gasteiger partial charge in [0.15, 0.2) is 11.6 Å². The van der Waals surface area contributed by atoms with Crippen LogP contribution in [-0.4, -0.2) is 6.04 Å². The number of rotatable bonds is 3. The average Bonchev–Trinajstić information content (AvgIpc) is 2.51. The lowest BCUT2D eigenvalue weighted by Gasteiger charge is -2.29. The van der Waals surface area contributed by atoms with Crippen LogP contribution in [0.3, 0.4) is 0 Å². The number of aryl methyl sites for hydroxylation is 1. The monoisotopic (exact) mass is 287 g/mol. The summed E-state index contributed by atoms with van der Waals surface area (Å²) in [6, 6.07) is 12.5. The molecular weight excluding hydrogens is 268 g/mol. The van der Waals surface area contributed by atoms with Gasteiger partial charge in [-0.15, -0.1) is 0 Å². The molecule has 2 unspecified atom stereocenters. The molecule has 0 radical (unpaired) electrons. The minimum Gasteiger partial charge on any atom is -0.327 e. The van der Waals surface area contributed by atoms with E-state index in [1.54, 1.807) is 6.07 Å². The largest absolute Gasteiger partial charge is 0.327 e. The lowest BCUT2D eigenvalue weighted by Crippen LogP contribution is -2.36. The van der Waals surface area contributed by atoms with E-state index in [0.717, 1.165) is 25.3 Å². The van der Waals surface area contributed by atoms with Gasteiger partial charge in [0.25, 0.3) is 0 Å². The smallest absolute Gasteiger partial charge is 0.162 e. The third kappa shape index (κ3) is 2.98. The maximum atomic E-state index is 13.7. The van der Waals surface area contributed by atoms with Gasteiger partial charge >= 0.3 is 0 Å². The first-order valence-electron chi connectivity index (χ1n) is 7.40. The van der Waals surface area contributed by atoms with E-state index in [0.29, 0.717) is 17.9 Å². The predicted octanol–water partition coefficient (Wildman–Crippen LogP) is 3.64. The molecule has 1 aliphatic carbocycles. The molecule has 0 amide bonds. The molecule has 110 valence electrons. The van der Waals surface area contributed by atoms with Crippen molar-refractivity contribution in [2.75, 3.05) is 0 Å². The molecule has 2 atom stereocenters. The van der Waals surface area contributed by atoms with E-state index in [9.17, 15) is 8.78 Å². The van der Waals surface area contributed by atoms with Crippen molar-refractivity contribution >= 4 is 0 Å². The fraction of sp³-hybridized carbons (Fsp3) is 0.333. The molecule has 3 heteroatoms. The minimum absolute atomic E-state index is 0.144. The zero-order chi connectivity index (χ0) is 14.8. The molecule has 1 nitrogen and oxygen atoms in total. The number of hydrogen-bond acceptors (Lipinski definition) is 1. The zero-order valence-corrected chi connectivity index (χ0v) is 11.9. The summed E-state index contributed by atoms with van der Waals surface area (Å²) >= 11 is 0.